The number of amides is 1. The summed E-state index contributed by atoms with van der Waals surface area (Å²) >= 11 is 1.40. The summed E-state index contributed by atoms with van der Waals surface area (Å²) in [4.78, 5) is 14.3. The fourth-order valence-electron chi connectivity index (χ4n) is 3.87. The van der Waals surface area contributed by atoms with Gasteiger partial charge in [-0.2, -0.15) is 0 Å². The minimum Gasteiger partial charge on any atom is -0.342 e. The first-order chi connectivity index (χ1) is 14.2. The largest absolute Gasteiger partial charge is 0.342 e. The number of nitrogens with zero attached hydrogens (tertiary/aromatic N) is 5. The molecule has 0 radical (unpaired) electrons. The molecule has 1 amide bonds. The monoisotopic (exact) mass is 409 g/mol. The van der Waals surface area contributed by atoms with Gasteiger partial charge < -0.3 is 9.47 Å². The molecular formula is C21H20FN5OS. The van der Waals surface area contributed by atoms with Crippen molar-refractivity contribution in [2.45, 2.75) is 24.5 Å². The maximum atomic E-state index is 14.2. The minimum atomic E-state index is -0.242. The highest BCUT2D eigenvalue weighted by Gasteiger charge is 2.21. The fraction of sp³-hybridized carbons (Fsp3) is 0.286. The SMILES string of the molecule is O=C(CSc1nnc2n(Cc3ccccc3F)c3ccccc3n12)N1CCCC1. The number of thioether (sulfide) groups is 1. The number of likely N-dealkylation sites (tertiary alicyclic amines) is 1. The number of benzene rings is 2. The van der Waals surface area contributed by atoms with Crippen molar-refractivity contribution in [2.24, 2.45) is 0 Å². The molecule has 0 bridgehead atoms. The van der Waals surface area contributed by atoms with E-state index in [0.29, 0.717) is 28.8 Å². The third-order valence-corrected chi connectivity index (χ3v) is 6.25. The first-order valence-corrected chi connectivity index (χ1v) is 10.7. The Labute approximate surface area is 171 Å². The van der Waals surface area contributed by atoms with Crippen LogP contribution in [-0.4, -0.2) is 48.8 Å². The summed E-state index contributed by atoms with van der Waals surface area (Å²) in [5.74, 6) is 0.881. The summed E-state index contributed by atoms with van der Waals surface area (Å²) in [6, 6.07) is 14.7. The summed E-state index contributed by atoms with van der Waals surface area (Å²) in [5, 5.41) is 9.36. The molecule has 5 rings (SSSR count). The molecule has 0 aliphatic carbocycles. The molecule has 1 saturated heterocycles. The Hall–Kier alpha value is -2.87. The van der Waals surface area contributed by atoms with Crippen LogP contribution in [0.2, 0.25) is 0 Å². The number of carbonyl (C=O) groups excluding carboxylic acids is 1. The second-order valence-electron chi connectivity index (χ2n) is 7.16. The second-order valence-corrected chi connectivity index (χ2v) is 8.10. The summed E-state index contributed by atoms with van der Waals surface area (Å²) in [7, 11) is 0. The molecule has 1 aliphatic heterocycles. The van der Waals surface area contributed by atoms with Gasteiger partial charge in [0.2, 0.25) is 11.7 Å². The smallest absolute Gasteiger partial charge is 0.237 e. The van der Waals surface area contributed by atoms with Crippen LogP contribution in [0, 0.1) is 5.82 Å². The van der Waals surface area contributed by atoms with Crippen LogP contribution in [0.5, 0.6) is 0 Å². The number of fused-ring (bicyclic) bond motifs is 3. The normalized spacial score (nSPS) is 14.3. The van der Waals surface area contributed by atoms with E-state index in [4.69, 9.17) is 0 Å². The maximum Gasteiger partial charge on any atom is 0.237 e. The maximum absolute atomic E-state index is 14.2. The third kappa shape index (κ3) is 3.27. The zero-order valence-electron chi connectivity index (χ0n) is 15.8. The molecule has 2 aromatic carbocycles. The predicted molar refractivity (Wildman–Crippen MR) is 111 cm³/mol. The van der Waals surface area contributed by atoms with E-state index in [2.05, 4.69) is 10.2 Å². The molecule has 0 N–H and O–H groups in total. The summed E-state index contributed by atoms with van der Waals surface area (Å²) in [6.07, 6.45) is 2.16. The van der Waals surface area contributed by atoms with Crippen LogP contribution >= 0.6 is 11.8 Å². The number of carbonyl (C=O) groups is 1. The van der Waals surface area contributed by atoms with Gasteiger partial charge in [0.25, 0.3) is 0 Å². The summed E-state index contributed by atoms with van der Waals surface area (Å²) < 4.78 is 18.2. The van der Waals surface area contributed by atoms with Crippen molar-refractivity contribution in [1.29, 1.82) is 0 Å². The lowest BCUT2D eigenvalue weighted by molar-refractivity contribution is -0.127. The van der Waals surface area contributed by atoms with Crippen LogP contribution in [0.3, 0.4) is 0 Å². The van der Waals surface area contributed by atoms with Crippen LogP contribution < -0.4 is 0 Å². The predicted octanol–water partition coefficient (Wildman–Crippen LogP) is 3.59. The molecule has 148 valence electrons. The molecule has 0 saturated carbocycles. The van der Waals surface area contributed by atoms with Crippen molar-refractivity contribution in [1.82, 2.24) is 24.1 Å². The van der Waals surface area contributed by atoms with E-state index >= 15 is 0 Å². The van der Waals surface area contributed by atoms with Crippen LogP contribution in [0.4, 0.5) is 4.39 Å². The number of aromatic nitrogens is 4. The Morgan fingerprint density at radius 2 is 1.72 bits per heavy atom. The Morgan fingerprint density at radius 3 is 2.52 bits per heavy atom. The van der Waals surface area contributed by atoms with Gasteiger partial charge in [0.1, 0.15) is 5.82 Å². The fourth-order valence-corrected chi connectivity index (χ4v) is 4.71. The van der Waals surface area contributed by atoms with Gasteiger partial charge >= 0.3 is 0 Å². The van der Waals surface area contributed by atoms with Crippen molar-refractivity contribution in [3.8, 4) is 0 Å². The molecule has 8 heteroatoms. The zero-order valence-corrected chi connectivity index (χ0v) is 16.6. The summed E-state index contributed by atoms with van der Waals surface area (Å²) in [5.41, 5.74) is 2.49. The van der Waals surface area contributed by atoms with Gasteiger partial charge in [0.15, 0.2) is 5.16 Å². The average molecular weight is 409 g/mol. The molecule has 1 fully saturated rings. The van der Waals surface area contributed by atoms with E-state index in [0.717, 1.165) is 37.0 Å². The van der Waals surface area contributed by atoms with Gasteiger partial charge in [-0.05, 0) is 31.0 Å². The topological polar surface area (TPSA) is 55.4 Å². The van der Waals surface area contributed by atoms with Gasteiger partial charge in [-0.25, -0.2) is 4.39 Å². The average Bonchev–Trinajstić information content (AvgIpc) is 3.46. The Balaban J connectivity index is 1.51. The molecule has 1 aliphatic rings. The molecule has 2 aromatic heterocycles. The van der Waals surface area contributed by atoms with Gasteiger partial charge in [-0.3, -0.25) is 9.20 Å². The lowest BCUT2D eigenvalue weighted by Crippen LogP contribution is -2.29. The molecule has 6 nitrogen and oxygen atoms in total. The highest BCUT2D eigenvalue weighted by Crippen LogP contribution is 2.27. The number of imidazole rings is 1. The quantitative estimate of drug-likeness (QED) is 0.473. The minimum absolute atomic E-state index is 0.138. The highest BCUT2D eigenvalue weighted by atomic mass is 32.2. The lowest BCUT2D eigenvalue weighted by atomic mass is 10.2. The zero-order chi connectivity index (χ0) is 19.8. The van der Waals surface area contributed by atoms with Crippen LogP contribution in [0.1, 0.15) is 18.4 Å². The third-order valence-electron chi connectivity index (χ3n) is 5.34. The lowest BCUT2D eigenvalue weighted by Gasteiger charge is -2.13. The van der Waals surface area contributed by atoms with Crippen molar-refractivity contribution in [3.63, 3.8) is 0 Å². The second kappa shape index (κ2) is 7.51. The first kappa shape index (κ1) is 18.2. The van der Waals surface area contributed by atoms with Gasteiger partial charge in [-0.15, -0.1) is 10.2 Å². The molecule has 4 aromatic rings. The van der Waals surface area contributed by atoms with E-state index in [1.165, 1.54) is 17.8 Å². The number of hydrogen-bond acceptors (Lipinski definition) is 4. The van der Waals surface area contributed by atoms with E-state index in [9.17, 15) is 9.18 Å². The first-order valence-electron chi connectivity index (χ1n) is 9.69. The van der Waals surface area contributed by atoms with Crippen LogP contribution in [0.15, 0.2) is 53.7 Å². The highest BCUT2D eigenvalue weighted by molar-refractivity contribution is 7.99. The molecule has 29 heavy (non-hydrogen) atoms. The molecule has 0 unspecified atom stereocenters. The number of para-hydroxylation sites is 2. The van der Waals surface area contributed by atoms with Gasteiger partial charge in [0.05, 0.1) is 23.3 Å². The van der Waals surface area contributed by atoms with Crippen molar-refractivity contribution >= 4 is 34.5 Å². The van der Waals surface area contributed by atoms with E-state index in [-0.39, 0.29) is 11.7 Å². The van der Waals surface area contributed by atoms with E-state index < -0.39 is 0 Å². The van der Waals surface area contributed by atoms with Crippen molar-refractivity contribution < 1.29 is 9.18 Å². The molecule has 0 atom stereocenters. The summed E-state index contributed by atoms with van der Waals surface area (Å²) in [6.45, 7) is 2.05. The van der Waals surface area contributed by atoms with Crippen LogP contribution in [0.25, 0.3) is 16.8 Å². The standard InChI is InChI=1S/C21H20FN5OS/c22-16-8-2-1-7-15(16)13-26-17-9-3-4-10-18(17)27-20(26)23-24-21(27)29-14-19(28)25-11-5-6-12-25/h1-4,7-10H,5-6,11-14H2. The Bertz CT molecular complexity index is 1190. The van der Waals surface area contributed by atoms with Crippen molar-refractivity contribution in [2.75, 3.05) is 18.8 Å². The number of hydrogen-bond donors (Lipinski definition) is 0. The van der Waals surface area contributed by atoms with Gasteiger partial charge in [0, 0.05) is 18.7 Å². The molecule has 3 heterocycles. The van der Waals surface area contributed by atoms with Crippen molar-refractivity contribution in [3.05, 3.63) is 59.9 Å². The Kier molecular flexibility index (Phi) is 4.71. The van der Waals surface area contributed by atoms with E-state index in [1.54, 1.807) is 12.1 Å². The number of rotatable bonds is 5. The van der Waals surface area contributed by atoms with Crippen LogP contribution in [-0.2, 0) is 11.3 Å². The number of halogens is 1. The molecule has 0 spiro atoms. The Morgan fingerprint density at radius 1 is 1.00 bits per heavy atom. The van der Waals surface area contributed by atoms with E-state index in [1.807, 2.05) is 44.2 Å². The van der Waals surface area contributed by atoms with Gasteiger partial charge in [-0.1, -0.05) is 42.1 Å². The molecular weight excluding hydrogens is 389 g/mol.